The molecule has 4 fully saturated rings. The highest BCUT2D eigenvalue weighted by Gasteiger charge is 2.57. The van der Waals surface area contributed by atoms with E-state index in [4.69, 9.17) is 42.9 Å². The number of carbonyl (C=O) groups is 3. The van der Waals surface area contributed by atoms with Gasteiger partial charge in [-0.15, -0.1) is 11.3 Å². The molecule has 14 heteroatoms. The van der Waals surface area contributed by atoms with Gasteiger partial charge in [0.25, 0.3) is 0 Å². The molecule has 1 aromatic rings. The van der Waals surface area contributed by atoms with Gasteiger partial charge < -0.3 is 42.8 Å². The Morgan fingerprint density at radius 1 is 0.966 bits per heavy atom. The Balaban J connectivity index is 1.16. The summed E-state index contributed by atoms with van der Waals surface area (Å²) in [6.45, 7) is 13.6. The van der Waals surface area contributed by atoms with E-state index in [2.05, 4.69) is 12.7 Å². The molecule has 1 aromatic heterocycles. The van der Waals surface area contributed by atoms with Crippen molar-refractivity contribution in [2.75, 3.05) is 28.4 Å². The second-order valence-corrected chi connectivity index (χ2v) is 18.9. The molecule has 1 amide bonds. The fourth-order valence-corrected chi connectivity index (χ4v) is 12.5. The van der Waals surface area contributed by atoms with Crippen LogP contribution in [0.25, 0.3) is 0 Å². The molecule has 59 heavy (non-hydrogen) atoms. The molecule has 0 bridgehead atoms. The van der Waals surface area contributed by atoms with E-state index in [1.165, 1.54) is 11.0 Å². The molecule has 7 rings (SSSR count). The van der Waals surface area contributed by atoms with E-state index < -0.39 is 30.7 Å². The number of amides is 1. The van der Waals surface area contributed by atoms with E-state index in [1.54, 1.807) is 44.6 Å². The van der Waals surface area contributed by atoms with Crippen molar-refractivity contribution in [1.82, 2.24) is 9.88 Å². The molecule has 13 nitrogen and oxygen atoms in total. The fraction of sp³-hybridized carbons (Fsp3) is 0.778. The maximum atomic E-state index is 15.0. The minimum Gasteiger partial charge on any atom is -0.462 e. The highest BCUT2D eigenvalue weighted by atomic mass is 32.1. The number of likely N-dealkylation sites (N-methyl/N-ethyl adjacent to an activating group) is 1. The maximum Gasteiger partial charge on any atom is 0.306 e. The van der Waals surface area contributed by atoms with E-state index in [-0.39, 0.29) is 96.3 Å². The van der Waals surface area contributed by atoms with Gasteiger partial charge in [-0.05, 0) is 89.2 Å². The number of esters is 1. The third-order valence-corrected chi connectivity index (χ3v) is 15.5. The van der Waals surface area contributed by atoms with Crippen molar-refractivity contribution < 1.29 is 52.3 Å². The lowest BCUT2D eigenvalue weighted by Gasteiger charge is -2.44. The first-order valence-electron chi connectivity index (χ1n) is 21.8. The monoisotopic (exact) mass is 842 g/mol. The summed E-state index contributed by atoms with van der Waals surface area (Å²) >= 11 is 1.73. The first kappa shape index (κ1) is 44.5. The van der Waals surface area contributed by atoms with Gasteiger partial charge in [0, 0.05) is 63.3 Å². The highest BCUT2D eigenvalue weighted by molar-refractivity contribution is 7.11. The Labute approximate surface area is 353 Å². The van der Waals surface area contributed by atoms with Crippen LogP contribution in [0.5, 0.6) is 0 Å². The summed E-state index contributed by atoms with van der Waals surface area (Å²) in [4.78, 5) is 49.4. The van der Waals surface area contributed by atoms with Gasteiger partial charge in [-0.1, -0.05) is 26.5 Å². The zero-order valence-electron chi connectivity index (χ0n) is 36.3. The van der Waals surface area contributed by atoms with Crippen LogP contribution in [0.15, 0.2) is 24.3 Å². The quantitative estimate of drug-likeness (QED) is 0.190. The van der Waals surface area contributed by atoms with Crippen LogP contribution in [0.2, 0.25) is 0 Å². The number of allylic oxidation sites excluding steroid dienone is 2. The third-order valence-electron chi connectivity index (χ3n) is 14.4. The standard InChI is InChI=1S/C45H66N2O11S/c1-11-26-14-13-15-34(58-37-17-16-33(23(4)54-37)47(7)35(48)12-2)22(3)40(50)31-20-29-28-18-27(57-45-43(53-10)42(52-9)41(51-8)24(5)55-45)19-32(28)44-39(46-25(6)59-44)38(29)30(31)21-36(49)56-26/h12,20,22-24,26-30,32-34,37-38,41-43,45H,2,11,13-19,21H2,1,3-10H3/t22-,23?,24?,26+,27+,28+,29+,30-,32-,33+,34+,37+,38-,41+,42-,43?,45+/m1/s1. The number of ketones is 1. The zero-order chi connectivity index (χ0) is 42.3. The molecule has 0 radical (unpaired) electrons. The highest BCUT2D eigenvalue weighted by Crippen LogP contribution is 2.62. The SMILES string of the molecule is C=CC(=O)N(C)[C@H]1CC[C@H](O[C@H]2CCC[C@H](CC)OC(=O)C[C@@H]3C(=C[C@H]4[C@@H]5C[C@H](O[C@@H]6OC(C)[C@H](OC)[C@@H](OC)C6OC)C[C@H]5c5sc(C)nc5[C@H]43)C(=O)[C@@H]2C)OC1C. The van der Waals surface area contributed by atoms with Crippen molar-refractivity contribution in [3.8, 4) is 0 Å². The van der Waals surface area contributed by atoms with E-state index in [1.807, 2.05) is 34.6 Å². The molecule has 3 aliphatic heterocycles. The molecule has 3 saturated heterocycles. The number of aromatic nitrogens is 1. The molecule has 4 heterocycles. The van der Waals surface area contributed by atoms with Gasteiger partial charge in [-0.3, -0.25) is 14.4 Å². The Hall–Kier alpha value is -2.56. The van der Waals surface area contributed by atoms with E-state index in [0.717, 1.165) is 30.0 Å². The molecule has 3 aliphatic carbocycles. The van der Waals surface area contributed by atoms with Crippen molar-refractivity contribution in [2.45, 2.75) is 172 Å². The number of cyclic esters (lactones) is 1. The average molecular weight is 843 g/mol. The first-order chi connectivity index (χ1) is 28.3. The van der Waals surface area contributed by atoms with Gasteiger partial charge in [-0.25, -0.2) is 4.98 Å². The van der Waals surface area contributed by atoms with Crippen molar-refractivity contribution in [3.05, 3.63) is 39.9 Å². The average Bonchev–Trinajstić information content (AvgIpc) is 3.93. The van der Waals surface area contributed by atoms with Crippen LogP contribution in [0.4, 0.5) is 0 Å². The number of rotatable bonds is 10. The van der Waals surface area contributed by atoms with Crippen LogP contribution in [0.3, 0.4) is 0 Å². The number of hydrogen-bond donors (Lipinski definition) is 0. The molecular formula is C45H66N2O11S. The number of methoxy groups -OCH3 is 3. The van der Waals surface area contributed by atoms with Crippen LogP contribution < -0.4 is 0 Å². The number of thiazole rings is 1. The summed E-state index contributed by atoms with van der Waals surface area (Å²) in [7, 11) is 6.72. The molecule has 3 unspecified atom stereocenters. The van der Waals surface area contributed by atoms with Crippen LogP contribution in [0, 0.1) is 30.6 Å². The summed E-state index contributed by atoms with van der Waals surface area (Å²) < 4.78 is 50.1. The van der Waals surface area contributed by atoms with Crippen LogP contribution in [-0.4, -0.2) is 123 Å². The Morgan fingerprint density at radius 3 is 2.39 bits per heavy atom. The maximum absolute atomic E-state index is 15.0. The van der Waals surface area contributed by atoms with Gasteiger partial charge in [0.15, 0.2) is 18.4 Å². The second kappa shape index (κ2) is 18.8. The molecule has 328 valence electrons. The van der Waals surface area contributed by atoms with Gasteiger partial charge in [0.2, 0.25) is 5.91 Å². The van der Waals surface area contributed by atoms with Gasteiger partial charge >= 0.3 is 5.97 Å². The number of aryl methyl sites for hydroxylation is 1. The molecular weight excluding hydrogens is 777 g/mol. The van der Waals surface area contributed by atoms with Gasteiger partial charge in [0.05, 0.1) is 47.6 Å². The van der Waals surface area contributed by atoms with E-state index >= 15 is 4.79 Å². The largest absolute Gasteiger partial charge is 0.462 e. The molecule has 0 aromatic carbocycles. The first-order valence-corrected chi connectivity index (χ1v) is 22.7. The molecule has 1 saturated carbocycles. The Bertz CT molecular complexity index is 1720. The van der Waals surface area contributed by atoms with Crippen molar-refractivity contribution in [3.63, 3.8) is 0 Å². The predicted molar refractivity (Wildman–Crippen MR) is 220 cm³/mol. The Kier molecular flexibility index (Phi) is 14.2. The van der Waals surface area contributed by atoms with Crippen LogP contribution in [-0.2, 0) is 52.3 Å². The predicted octanol–water partition coefficient (Wildman–Crippen LogP) is 6.41. The number of nitrogens with zero attached hydrogens (tertiary/aromatic N) is 2. The topological polar surface area (TPSA) is 141 Å². The second-order valence-electron chi connectivity index (χ2n) is 17.7. The number of carbonyl (C=O) groups excluding carboxylic acids is 3. The minimum atomic E-state index is -0.648. The molecule has 6 aliphatic rings. The lowest BCUT2D eigenvalue weighted by atomic mass is 9.67. The fourth-order valence-electron chi connectivity index (χ4n) is 11.3. The van der Waals surface area contributed by atoms with Gasteiger partial charge in [0.1, 0.15) is 24.4 Å². The van der Waals surface area contributed by atoms with Crippen molar-refractivity contribution >= 4 is 29.0 Å². The molecule has 17 atom stereocenters. The van der Waals surface area contributed by atoms with Crippen LogP contribution >= 0.6 is 11.3 Å². The summed E-state index contributed by atoms with van der Waals surface area (Å²) in [5, 5.41) is 0.976. The number of Topliss-reactive ketones (excluding diaryl/α,β-unsaturated/α-hetero) is 1. The lowest BCUT2D eigenvalue weighted by molar-refractivity contribution is -0.314. The normalized spacial score (nSPS) is 41.3. The summed E-state index contributed by atoms with van der Waals surface area (Å²) in [6.07, 6.45) is 5.63. The molecule has 0 spiro atoms. The Morgan fingerprint density at radius 2 is 1.71 bits per heavy atom. The number of fused-ring (bicyclic) bond motifs is 8. The summed E-state index contributed by atoms with van der Waals surface area (Å²) in [6, 6.07) is -0.0995. The van der Waals surface area contributed by atoms with E-state index in [9.17, 15) is 9.59 Å². The number of ether oxygens (including phenoxy) is 8. The van der Waals surface area contributed by atoms with E-state index in [0.29, 0.717) is 37.7 Å². The number of hydrogen-bond acceptors (Lipinski definition) is 13. The van der Waals surface area contributed by atoms with Crippen LogP contribution in [0.1, 0.15) is 113 Å². The zero-order valence-corrected chi connectivity index (χ0v) is 37.2. The third kappa shape index (κ3) is 8.76. The summed E-state index contributed by atoms with van der Waals surface area (Å²) in [5.74, 6) is -1.04. The molecule has 0 N–H and O–H groups in total. The lowest BCUT2D eigenvalue weighted by Crippen LogP contribution is -2.59. The smallest absolute Gasteiger partial charge is 0.306 e. The van der Waals surface area contributed by atoms with Crippen molar-refractivity contribution in [1.29, 1.82) is 0 Å². The van der Waals surface area contributed by atoms with Crippen molar-refractivity contribution in [2.24, 2.45) is 23.7 Å². The van der Waals surface area contributed by atoms with Gasteiger partial charge in [-0.2, -0.15) is 0 Å². The summed E-state index contributed by atoms with van der Waals surface area (Å²) in [5.41, 5.74) is 1.70. The minimum absolute atomic E-state index is 0.00884.